The van der Waals surface area contributed by atoms with E-state index in [0.717, 1.165) is 16.9 Å². The van der Waals surface area contributed by atoms with Crippen molar-refractivity contribution in [2.45, 2.75) is 20.0 Å². The molecule has 0 bridgehead atoms. The zero-order chi connectivity index (χ0) is 14.8. The maximum Gasteiger partial charge on any atom is 0.263 e. The number of ether oxygens (including phenoxy) is 1. The number of rotatable bonds is 5. The van der Waals surface area contributed by atoms with Gasteiger partial charge in [-0.3, -0.25) is 0 Å². The molecule has 110 valence electrons. The minimum atomic E-state index is -0.0181. The van der Waals surface area contributed by atoms with Crippen LogP contribution in [0, 0.1) is 13.8 Å². The molecule has 0 aliphatic carbocycles. The zero-order valence-corrected chi connectivity index (χ0v) is 12.9. The standard InChI is InChI=1S/C14H16N4O2S/c1-8-12-13(16-9(2)17-14(12)20-18-8)15-7-10(19-3)11-5-4-6-21-11/h4-6,10H,7H2,1-3H3,(H,15,16,17). The van der Waals surface area contributed by atoms with Crippen molar-refractivity contribution in [3.05, 3.63) is 33.9 Å². The molecule has 3 rings (SSSR count). The first-order valence-corrected chi connectivity index (χ1v) is 7.47. The molecule has 6 nitrogen and oxygen atoms in total. The molecule has 0 fully saturated rings. The first-order chi connectivity index (χ1) is 10.2. The van der Waals surface area contributed by atoms with Gasteiger partial charge in [-0.05, 0) is 25.3 Å². The lowest BCUT2D eigenvalue weighted by molar-refractivity contribution is 0.117. The van der Waals surface area contributed by atoms with Gasteiger partial charge in [0.25, 0.3) is 5.71 Å². The maximum atomic E-state index is 5.54. The van der Waals surface area contributed by atoms with E-state index in [4.69, 9.17) is 9.26 Å². The predicted octanol–water partition coefficient (Wildman–Crippen LogP) is 3.10. The molecule has 0 aliphatic heterocycles. The SMILES string of the molecule is COC(CNc1nc(C)nc2onc(C)c12)c1cccs1. The van der Waals surface area contributed by atoms with Crippen LogP contribution in [-0.2, 0) is 4.74 Å². The Balaban J connectivity index is 1.86. The van der Waals surface area contributed by atoms with E-state index in [1.54, 1.807) is 18.4 Å². The van der Waals surface area contributed by atoms with E-state index in [1.165, 1.54) is 4.88 Å². The van der Waals surface area contributed by atoms with Crippen molar-refractivity contribution >= 4 is 28.3 Å². The summed E-state index contributed by atoms with van der Waals surface area (Å²) in [5.74, 6) is 1.38. The monoisotopic (exact) mass is 304 g/mol. The summed E-state index contributed by atoms with van der Waals surface area (Å²) >= 11 is 1.67. The van der Waals surface area contributed by atoms with E-state index in [2.05, 4.69) is 26.5 Å². The fourth-order valence-corrected chi connectivity index (χ4v) is 2.99. The molecular formula is C14H16N4O2S. The van der Waals surface area contributed by atoms with Crippen molar-refractivity contribution in [1.29, 1.82) is 0 Å². The van der Waals surface area contributed by atoms with E-state index >= 15 is 0 Å². The molecule has 0 saturated heterocycles. The molecule has 0 saturated carbocycles. The highest BCUT2D eigenvalue weighted by Gasteiger charge is 2.16. The summed E-state index contributed by atoms with van der Waals surface area (Å²) in [5, 5.41) is 10.1. The smallest absolute Gasteiger partial charge is 0.263 e. The lowest BCUT2D eigenvalue weighted by atomic mass is 10.2. The number of aromatic nitrogens is 3. The number of nitrogens with zero attached hydrogens (tertiary/aromatic N) is 3. The third-order valence-corrected chi connectivity index (χ3v) is 4.18. The topological polar surface area (TPSA) is 73.1 Å². The Hall–Kier alpha value is -1.99. The number of thiophene rings is 1. The average Bonchev–Trinajstić information content (AvgIpc) is 3.10. The van der Waals surface area contributed by atoms with Gasteiger partial charge in [0, 0.05) is 18.5 Å². The van der Waals surface area contributed by atoms with Gasteiger partial charge in [-0.1, -0.05) is 11.2 Å². The van der Waals surface area contributed by atoms with Gasteiger partial charge in [0.05, 0.1) is 5.69 Å². The lowest BCUT2D eigenvalue weighted by Crippen LogP contribution is -2.15. The van der Waals surface area contributed by atoms with Crippen LogP contribution in [0.25, 0.3) is 11.1 Å². The fourth-order valence-electron chi connectivity index (χ4n) is 2.19. The van der Waals surface area contributed by atoms with Crippen molar-refractivity contribution in [3.63, 3.8) is 0 Å². The highest BCUT2D eigenvalue weighted by Crippen LogP contribution is 2.26. The van der Waals surface area contributed by atoms with Gasteiger partial charge in [-0.25, -0.2) is 4.98 Å². The van der Waals surface area contributed by atoms with Crippen LogP contribution in [0.3, 0.4) is 0 Å². The highest BCUT2D eigenvalue weighted by molar-refractivity contribution is 7.10. The largest absolute Gasteiger partial charge is 0.374 e. The Morgan fingerprint density at radius 2 is 2.24 bits per heavy atom. The lowest BCUT2D eigenvalue weighted by Gasteiger charge is -2.15. The molecule has 0 spiro atoms. The summed E-state index contributed by atoms with van der Waals surface area (Å²) < 4.78 is 10.7. The third kappa shape index (κ3) is 2.74. The van der Waals surface area contributed by atoms with Crippen molar-refractivity contribution in [2.75, 3.05) is 19.0 Å². The van der Waals surface area contributed by atoms with E-state index in [0.29, 0.717) is 18.1 Å². The molecule has 0 amide bonds. The fraction of sp³-hybridized carbons (Fsp3) is 0.357. The van der Waals surface area contributed by atoms with Crippen molar-refractivity contribution in [2.24, 2.45) is 0 Å². The number of aryl methyl sites for hydroxylation is 2. The van der Waals surface area contributed by atoms with Crippen LogP contribution in [0.1, 0.15) is 22.5 Å². The van der Waals surface area contributed by atoms with Gasteiger partial charge in [-0.2, -0.15) is 4.98 Å². The Morgan fingerprint density at radius 1 is 1.38 bits per heavy atom. The molecule has 3 aromatic heterocycles. The highest BCUT2D eigenvalue weighted by atomic mass is 32.1. The number of anilines is 1. The van der Waals surface area contributed by atoms with E-state index < -0.39 is 0 Å². The van der Waals surface area contributed by atoms with E-state index in [-0.39, 0.29) is 6.10 Å². The Labute approximate surface area is 126 Å². The van der Waals surface area contributed by atoms with Gasteiger partial charge in [-0.15, -0.1) is 11.3 Å². The quantitative estimate of drug-likeness (QED) is 0.781. The van der Waals surface area contributed by atoms with E-state index in [9.17, 15) is 0 Å². The van der Waals surface area contributed by atoms with Crippen LogP contribution in [0.5, 0.6) is 0 Å². The minimum Gasteiger partial charge on any atom is -0.374 e. The first-order valence-electron chi connectivity index (χ1n) is 6.59. The van der Waals surface area contributed by atoms with Crippen molar-refractivity contribution in [3.8, 4) is 0 Å². The third-order valence-electron chi connectivity index (χ3n) is 3.22. The van der Waals surface area contributed by atoms with Gasteiger partial charge < -0.3 is 14.6 Å². The predicted molar refractivity (Wildman–Crippen MR) is 81.6 cm³/mol. The van der Waals surface area contributed by atoms with Crippen LogP contribution in [0.2, 0.25) is 0 Å². The molecule has 3 aromatic rings. The zero-order valence-electron chi connectivity index (χ0n) is 12.1. The minimum absolute atomic E-state index is 0.0181. The summed E-state index contributed by atoms with van der Waals surface area (Å²) in [4.78, 5) is 9.87. The number of methoxy groups -OCH3 is 1. The second kappa shape index (κ2) is 5.79. The molecule has 0 aliphatic rings. The number of nitrogens with one attached hydrogen (secondary N) is 1. The Kier molecular flexibility index (Phi) is 3.85. The summed E-state index contributed by atoms with van der Waals surface area (Å²) in [7, 11) is 1.71. The number of fused-ring (bicyclic) bond motifs is 1. The molecule has 0 aromatic carbocycles. The molecule has 1 unspecified atom stereocenters. The molecule has 7 heteroatoms. The van der Waals surface area contributed by atoms with Gasteiger partial charge in [0.1, 0.15) is 23.1 Å². The Morgan fingerprint density at radius 3 is 2.95 bits per heavy atom. The molecule has 0 radical (unpaired) electrons. The number of hydrogen-bond donors (Lipinski definition) is 1. The van der Waals surface area contributed by atoms with E-state index in [1.807, 2.05) is 25.3 Å². The van der Waals surface area contributed by atoms with Crippen LogP contribution in [0.15, 0.2) is 22.0 Å². The van der Waals surface area contributed by atoms with Gasteiger partial charge in [0.15, 0.2) is 0 Å². The van der Waals surface area contributed by atoms with Gasteiger partial charge >= 0.3 is 0 Å². The first kappa shape index (κ1) is 14.0. The second-order valence-corrected chi connectivity index (χ2v) is 5.67. The molecule has 1 N–H and O–H groups in total. The maximum absolute atomic E-state index is 5.54. The molecular weight excluding hydrogens is 288 g/mol. The molecule has 21 heavy (non-hydrogen) atoms. The normalized spacial score (nSPS) is 12.7. The average molecular weight is 304 g/mol. The summed E-state index contributed by atoms with van der Waals surface area (Å²) in [6.45, 7) is 4.32. The summed E-state index contributed by atoms with van der Waals surface area (Å²) in [5.41, 5.74) is 1.28. The molecule has 3 heterocycles. The van der Waals surface area contributed by atoms with Crippen molar-refractivity contribution in [1.82, 2.24) is 15.1 Å². The summed E-state index contributed by atoms with van der Waals surface area (Å²) in [6, 6.07) is 4.08. The second-order valence-electron chi connectivity index (χ2n) is 4.69. The van der Waals surface area contributed by atoms with Crippen molar-refractivity contribution < 1.29 is 9.26 Å². The van der Waals surface area contributed by atoms with Crippen LogP contribution < -0.4 is 5.32 Å². The van der Waals surface area contributed by atoms with Crippen LogP contribution in [-0.4, -0.2) is 28.8 Å². The molecule has 1 atom stereocenters. The van der Waals surface area contributed by atoms with Gasteiger partial charge in [0.2, 0.25) is 0 Å². The summed E-state index contributed by atoms with van der Waals surface area (Å²) in [6.07, 6.45) is -0.0181. The number of hydrogen-bond acceptors (Lipinski definition) is 7. The van der Waals surface area contributed by atoms with Crippen LogP contribution >= 0.6 is 11.3 Å². The van der Waals surface area contributed by atoms with Crippen LogP contribution in [0.4, 0.5) is 5.82 Å². The Bertz CT molecular complexity index is 739.